The molecule has 1 aromatic rings. The lowest BCUT2D eigenvalue weighted by Gasteiger charge is -2.15. The summed E-state index contributed by atoms with van der Waals surface area (Å²) in [6.07, 6.45) is 2.94. The molecule has 1 saturated carbocycles. The van der Waals surface area contributed by atoms with Crippen molar-refractivity contribution in [2.75, 3.05) is 18.6 Å². The van der Waals surface area contributed by atoms with Crippen molar-refractivity contribution < 1.29 is 13.2 Å². The number of amides is 1. The summed E-state index contributed by atoms with van der Waals surface area (Å²) in [5.41, 5.74) is 6.79. The van der Waals surface area contributed by atoms with Crippen molar-refractivity contribution in [2.45, 2.75) is 19.4 Å². The van der Waals surface area contributed by atoms with Crippen LogP contribution in [0.2, 0.25) is 0 Å². The van der Waals surface area contributed by atoms with Gasteiger partial charge in [0.05, 0.1) is 5.75 Å². The van der Waals surface area contributed by atoms with E-state index in [4.69, 9.17) is 5.73 Å². The Hall–Kier alpha value is -1.40. The molecule has 0 heterocycles. The molecule has 0 aliphatic heterocycles. The predicted octanol–water partition coefficient (Wildman–Crippen LogP) is 0.700. The molecule has 0 radical (unpaired) electrons. The zero-order valence-electron chi connectivity index (χ0n) is 11.6. The lowest BCUT2D eigenvalue weighted by atomic mass is 10.1. The zero-order valence-corrected chi connectivity index (χ0v) is 12.4. The smallest absolute Gasteiger partial charge is 0.251 e. The van der Waals surface area contributed by atoms with Crippen LogP contribution < -0.4 is 11.1 Å². The van der Waals surface area contributed by atoms with Crippen LogP contribution in [0.4, 0.5) is 0 Å². The molecule has 6 heteroatoms. The number of nitrogens with one attached hydrogen (secondary N) is 1. The molecule has 1 aromatic carbocycles. The second-order valence-corrected chi connectivity index (χ2v) is 7.79. The van der Waals surface area contributed by atoms with Crippen LogP contribution in [0.25, 0.3) is 0 Å². The molecule has 0 saturated heterocycles. The van der Waals surface area contributed by atoms with Crippen LogP contribution in [0.5, 0.6) is 0 Å². The Morgan fingerprint density at radius 2 is 1.90 bits per heavy atom. The summed E-state index contributed by atoms with van der Waals surface area (Å²) in [5.74, 6) is -0.0276. The number of rotatable bonds is 6. The van der Waals surface area contributed by atoms with E-state index in [2.05, 4.69) is 5.32 Å². The molecule has 1 amide bonds. The van der Waals surface area contributed by atoms with Crippen LogP contribution >= 0.6 is 0 Å². The predicted molar refractivity (Wildman–Crippen MR) is 78.0 cm³/mol. The summed E-state index contributed by atoms with van der Waals surface area (Å²) < 4.78 is 22.7. The van der Waals surface area contributed by atoms with Crippen LogP contribution in [0.15, 0.2) is 24.3 Å². The van der Waals surface area contributed by atoms with Crippen LogP contribution in [-0.2, 0) is 16.4 Å². The second kappa shape index (κ2) is 5.54. The Bertz CT molecular complexity index is 589. The summed E-state index contributed by atoms with van der Waals surface area (Å²) in [7, 11) is -3.01. The van der Waals surface area contributed by atoms with Crippen molar-refractivity contribution in [1.82, 2.24) is 5.32 Å². The minimum atomic E-state index is -3.01. The highest BCUT2D eigenvalue weighted by Gasteiger charge is 2.45. The summed E-state index contributed by atoms with van der Waals surface area (Å²) in [4.78, 5) is 12.0. The van der Waals surface area contributed by atoms with E-state index in [1.807, 2.05) is 12.1 Å². The first-order chi connectivity index (χ1) is 9.34. The molecule has 0 atom stereocenters. The topological polar surface area (TPSA) is 89.3 Å². The minimum Gasteiger partial charge on any atom is -0.351 e. The normalized spacial score (nSPS) is 16.7. The van der Waals surface area contributed by atoms with Crippen molar-refractivity contribution in [2.24, 2.45) is 11.1 Å². The lowest BCUT2D eigenvalue weighted by Crippen LogP contribution is -2.33. The molecule has 110 valence electrons. The van der Waals surface area contributed by atoms with Gasteiger partial charge in [0, 0.05) is 30.3 Å². The van der Waals surface area contributed by atoms with Crippen LogP contribution in [0, 0.1) is 5.41 Å². The molecule has 1 aliphatic rings. The Balaban J connectivity index is 1.92. The van der Waals surface area contributed by atoms with Gasteiger partial charge in [-0.25, -0.2) is 8.42 Å². The lowest BCUT2D eigenvalue weighted by molar-refractivity contribution is 0.0946. The fourth-order valence-corrected chi connectivity index (χ4v) is 3.77. The van der Waals surface area contributed by atoms with Gasteiger partial charge in [-0.3, -0.25) is 4.79 Å². The molecule has 3 N–H and O–H groups in total. The third kappa shape index (κ3) is 4.05. The number of carbonyl (C=O) groups is 1. The maximum atomic E-state index is 12.0. The van der Waals surface area contributed by atoms with Gasteiger partial charge in [-0.2, -0.15) is 0 Å². The van der Waals surface area contributed by atoms with E-state index < -0.39 is 9.84 Å². The maximum absolute atomic E-state index is 12.0. The quantitative estimate of drug-likeness (QED) is 0.808. The van der Waals surface area contributed by atoms with Gasteiger partial charge in [0.2, 0.25) is 0 Å². The van der Waals surface area contributed by atoms with E-state index in [0.717, 1.165) is 18.4 Å². The van der Waals surface area contributed by atoms with Crippen LogP contribution in [-0.4, -0.2) is 32.9 Å². The van der Waals surface area contributed by atoms with Gasteiger partial charge in [-0.15, -0.1) is 0 Å². The van der Waals surface area contributed by atoms with Gasteiger partial charge < -0.3 is 11.1 Å². The van der Waals surface area contributed by atoms with Gasteiger partial charge in [0.1, 0.15) is 9.84 Å². The van der Waals surface area contributed by atoms with Crippen molar-refractivity contribution in [3.8, 4) is 0 Å². The van der Waals surface area contributed by atoms with Crippen LogP contribution in [0.3, 0.4) is 0 Å². The van der Waals surface area contributed by atoms with E-state index in [0.29, 0.717) is 18.7 Å². The molecular formula is C14H20N2O3S. The summed E-state index contributed by atoms with van der Waals surface area (Å²) in [6.45, 7) is 0.858. The summed E-state index contributed by atoms with van der Waals surface area (Å²) in [6, 6.07) is 7.10. The van der Waals surface area contributed by atoms with Gasteiger partial charge in [-0.1, -0.05) is 12.1 Å². The molecular weight excluding hydrogens is 276 g/mol. The summed E-state index contributed by atoms with van der Waals surface area (Å²) >= 11 is 0. The highest BCUT2D eigenvalue weighted by atomic mass is 32.2. The Labute approximate surface area is 119 Å². The SMILES string of the molecule is CS(=O)(=O)CC1(CNC(=O)c2ccc(CN)cc2)CC1. The third-order valence-corrected chi connectivity index (χ3v) is 4.74. The first-order valence-electron chi connectivity index (χ1n) is 6.59. The molecule has 5 nitrogen and oxygen atoms in total. The highest BCUT2D eigenvalue weighted by molar-refractivity contribution is 7.90. The van der Waals surface area contributed by atoms with Crippen molar-refractivity contribution >= 4 is 15.7 Å². The Morgan fingerprint density at radius 3 is 2.35 bits per heavy atom. The number of nitrogens with two attached hydrogens (primary N) is 1. The number of carbonyl (C=O) groups excluding carboxylic acids is 1. The number of hydrogen-bond donors (Lipinski definition) is 2. The molecule has 20 heavy (non-hydrogen) atoms. The second-order valence-electron chi connectivity index (χ2n) is 5.65. The number of hydrogen-bond acceptors (Lipinski definition) is 4. The third-order valence-electron chi connectivity index (χ3n) is 3.60. The molecule has 1 fully saturated rings. The van der Waals surface area contributed by atoms with Gasteiger partial charge >= 0.3 is 0 Å². The first kappa shape index (κ1) is 15.0. The maximum Gasteiger partial charge on any atom is 0.251 e. The average Bonchev–Trinajstić information content (AvgIpc) is 3.14. The van der Waals surface area contributed by atoms with Gasteiger partial charge in [-0.05, 0) is 30.5 Å². The van der Waals surface area contributed by atoms with Crippen molar-refractivity contribution in [3.05, 3.63) is 35.4 Å². The monoisotopic (exact) mass is 296 g/mol. The minimum absolute atomic E-state index is 0.145. The molecule has 0 spiro atoms. The average molecular weight is 296 g/mol. The summed E-state index contributed by atoms with van der Waals surface area (Å²) in [5, 5.41) is 2.83. The molecule has 0 unspecified atom stereocenters. The molecule has 1 aliphatic carbocycles. The first-order valence-corrected chi connectivity index (χ1v) is 8.65. The van der Waals surface area contributed by atoms with Crippen molar-refractivity contribution in [3.63, 3.8) is 0 Å². The van der Waals surface area contributed by atoms with E-state index in [-0.39, 0.29) is 17.1 Å². The Kier molecular flexibility index (Phi) is 4.15. The van der Waals surface area contributed by atoms with Gasteiger partial charge in [0.25, 0.3) is 5.91 Å². The van der Waals surface area contributed by atoms with E-state index in [1.54, 1.807) is 12.1 Å². The highest BCUT2D eigenvalue weighted by Crippen LogP contribution is 2.46. The Morgan fingerprint density at radius 1 is 1.30 bits per heavy atom. The fourth-order valence-electron chi connectivity index (χ4n) is 2.27. The molecule has 2 rings (SSSR count). The van der Waals surface area contributed by atoms with E-state index in [1.165, 1.54) is 6.26 Å². The molecule has 0 aromatic heterocycles. The van der Waals surface area contributed by atoms with E-state index in [9.17, 15) is 13.2 Å². The van der Waals surface area contributed by atoms with Gasteiger partial charge in [0.15, 0.2) is 0 Å². The molecule has 0 bridgehead atoms. The number of sulfone groups is 1. The van der Waals surface area contributed by atoms with E-state index >= 15 is 0 Å². The fraction of sp³-hybridized carbons (Fsp3) is 0.500. The van der Waals surface area contributed by atoms with Crippen LogP contribution in [0.1, 0.15) is 28.8 Å². The standard InChI is InChI=1S/C14H20N2O3S/c1-20(18,19)10-14(6-7-14)9-16-13(17)12-4-2-11(8-15)3-5-12/h2-5H,6-10,15H2,1H3,(H,16,17). The zero-order chi connectivity index (χ0) is 14.8. The number of benzene rings is 1. The van der Waals surface area contributed by atoms with Crippen molar-refractivity contribution in [1.29, 1.82) is 0 Å². The largest absolute Gasteiger partial charge is 0.351 e.